The Labute approximate surface area is 153 Å². The third-order valence-electron chi connectivity index (χ3n) is 4.39. The molecule has 0 saturated carbocycles. The maximum atomic E-state index is 13.5. The van der Waals surface area contributed by atoms with Crippen molar-refractivity contribution >= 4 is 22.2 Å². The molecular weight excluding hydrogens is 354 g/mol. The first kappa shape index (κ1) is 16.8. The van der Waals surface area contributed by atoms with Gasteiger partial charge < -0.3 is 15.5 Å². The first-order valence-corrected chi connectivity index (χ1v) is 8.90. The molecule has 0 saturated heterocycles. The monoisotopic (exact) mass is 370 g/mol. The number of fused-ring (bicyclic) bond motifs is 1. The van der Waals surface area contributed by atoms with Gasteiger partial charge in [-0.2, -0.15) is 0 Å². The van der Waals surface area contributed by atoms with Crippen molar-refractivity contribution in [2.75, 3.05) is 7.11 Å². The van der Waals surface area contributed by atoms with E-state index >= 15 is 0 Å². The molecule has 0 spiro atoms. The zero-order chi connectivity index (χ0) is 18.3. The smallest absolute Gasteiger partial charge is 0.160 e. The van der Waals surface area contributed by atoms with Crippen molar-refractivity contribution in [2.24, 2.45) is 5.73 Å². The predicted octanol–water partition coefficient (Wildman–Crippen LogP) is 5.23. The van der Waals surface area contributed by atoms with Crippen molar-refractivity contribution < 1.29 is 13.5 Å². The molecule has 0 amide bonds. The molecule has 0 aliphatic carbocycles. The maximum Gasteiger partial charge on any atom is 0.160 e. The van der Waals surface area contributed by atoms with E-state index in [9.17, 15) is 8.78 Å². The molecule has 0 aliphatic heterocycles. The van der Waals surface area contributed by atoms with Gasteiger partial charge in [0.2, 0.25) is 0 Å². The van der Waals surface area contributed by atoms with Gasteiger partial charge in [0.25, 0.3) is 0 Å². The van der Waals surface area contributed by atoms with Crippen LogP contribution in [0.15, 0.2) is 53.9 Å². The van der Waals surface area contributed by atoms with E-state index in [2.05, 4.69) is 4.98 Å². The molecule has 6 heteroatoms. The normalized spacial score (nSPS) is 12.5. The lowest BCUT2D eigenvalue weighted by Gasteiger charge is -2.16. The Kier molecular flexibility index (Phi) is 4.22. The highest BCUT2D eigenvalue weighted by atomic mass is 32.1. The average molecular weight is 370 g/mol. The van der Waals surface area contributed by atoms with Crippen LogP contribution in [0.5, 0.6) is 5.75 Å². The van der Waals surface area contributed by atoms with Crippen LogP contribution in [0, 0.1) is 11.6 Å². The number of ether oxygens (including phenoxy) is 1. The Bertz CT molecular complexity index is 1030. The summed E-state index contributed by atoms with van der Waals surface area (Å²) in [5.41, 5.74) is 9.43. The zero-order valence-electron chi connectivity index (χ0n) is 13.9. The highest BCUT2D eigenvalue weighted by Gasteiger charge is 2.17. The lowest BCUT2D eigenvalue weighted by Crippen LogP contribution is -2.11. The van der Waals surface area contributed by atoms with Gasteiger partial charge in [0.15, 0.2) is 11.6 Å². The molecule has 3 N–H and O–H groups in total. The van der Waals surface area contributed by atoms with Crippen LogP contribution < -0.4 is 10.5 Å². The van der Waals surface area contributed by atoms with E-state index in [4.69, 9.17) is 10.5 Å². The number of thiophene rings is 1. The van der Waals surface area contributed by atoms with Crippen LogP contribution >= 0.6 is 11.3 Å². The zero-order valence-corrected chi connectivity index (χ0v) is 14.7. The van der Waals surface area contributed by atoms with Crippen LogP contribution in [0.3, 0.4) is 0 Å². The third-order valence-corrected chi connectivity index (χ3v) is 5.34. The van der Waals surface area contributed by atoms with Gasteiger partial charge >= 0.3 is 0 Å². The summed E-state index contributed by atoms with van der Waals surface area (Å²) in [5.74, 6) is -1.04. The van der Waals surface area contributed by atoms with Crippen molar-refractivity contribution in [3.63, 3.8) is 0 Å². The molecule has 2 heterocycles. The summed E-state index contributed by atoms with van der Waals surface area (Å²) in [5, 5.41) is 2.59. The molecular formula is C20H16F2N2OS. The van der Waals surface area contributed by atoms with Crippen molar-refractivity contribution in [1.29, 1.82) is 0 Å². The molecule has 4 rings (SSSR count). The summed E-state index contributed by atoms with van der Waals surface area (Å²) < 4.78 is 32.4. The largest absolute Gasteiger partial charge is 0.496 e. The second-order valence-corrected chi connectivity index (χ2v) is 6.97. The topological polar surface area (TPSA) is 51.0 Å². The van der Waals surface area contributed by atoms with Crippen LogP contribution in [0.4, 0.5) is 8.78 Å². The molecule has 26 heavy (non-hydrogen) atoms. The molecule has 1 atom stereocenters. The summed E-state index contributed by atoms with van der Waals surface area (Å²) in [6.07, 6.45) is 0. The molecule has 2 aromatic carbocycles. The fourth-order valence-electron chi connectivity index (χ4n) is 3.05. The van der Waals surface area contributed by atoms with Crippen LogP contribution in [0.25, 0.3) is 22.2 Å². The molecule has 2 aromatic heterocycles. The highest BCUT2D eigenvalue weighted by Crippen LogP contribution is 2.35. The predicted molar refractivity (Wildman–Crippen MR) is 101 cm³/mol. The Hall–Kier alpha value is -2.70. The molecule has 3 nitrogen and oxygen atoms in total. The number of halogens is 2. The third kappa shape index (κ3) is 2.87. The Morgan fingerprint density at radius 2 is 1.88 bits per heavy atom. The summed E-state index contributed by atoms with van der Waals surface area (Å²) in [6.45, 7) is 0. The molecule has 0 aliphatic rings. The number of rotatable bonds is 4. The number of nitrogens with one attached hydrogen (secondary N) is 1. The second kappa shape index (κ2) is 6.55. The van der Waals surface area contributed by atoms with E-state index in [1.54, 1.807) is 24.5 Å². The standard InChI is InChI=1S/C20H16F2N2OS/c1-25-18-5-4-11(7-13(18)20(23)19-3-2-6-26-19)16-9-12-8-14(21)15(22)10-17(12)24-16/h2-10,20,24H,23H2,1H3. The number of aromatic nitrogens is 1. The lowest BCUT2D eigenvalue weighted by atomic mass is 10.0. The van der Waals surface area contributed by atoms with Gasteiger partial charge in [0, 0.05) is 33.1 Å². The second-order valence-electron chi connectivity index (χ2n) is 5.99. The van der Waals surface area contributed by atoms with E-state index < -0.39 is 11.6 Å². The van der Waals surface area contributed by atoms with Crippen LogP contribution in [-0.4, -0.2) is 12.1 Å². The van der Waals surface area contributed by atoms with Gasteiger partial charge in [-0.25, -0.2) is 8.78 Å². The summed E-state index contributed by atoms with van der Waals surface area (Å²) in [6, 6.07) is 13.5. The van der Waals surface area contributed by atoms with Crippen molar-refractivity contribution in [3.8, 4) is 17.0 Å². The minimum atomic E-state index is -0.874. The van der Waals surface area contributed by atoms with Crippen molar-refractivity contribution in [1.82, 2.24) is 4.98 Å². The van der Waals surface area contributed by atoms with Gasteiger partial charge in [-0.05, 0) is 47.3 Å². The van der Waals surface area contributed by atoms with E-state index in [0.29, 0.717) is 16.7 Å². The average Bonchev–Trinajstić information content (AvgIpc) is 3.31. The van der Waals surface area contributed by atoms with Gasteiger partial charge in [-0.15, -0.1) is 11.3 Å². The number of nitrogens with two attached hydrogens (primary N) is 1. The molecule has 0 fully saturated rings. The number of aromatic amines is 1. The number of H-pyrrole nitrogens is 1. The Balaban J connectivity index is 1.81. The van der Waals surface area contributed by atoms with Crippen molar-refractivity contribution in [2.45, 2.75) is 6.04 Å². The van der Waals surface area contributed by atoms with E-state index in [1.165, 1.54) is 6.07 Å². The number of hydrogen-bond donors (Lipinski definition) is 2. The van der Waals surface area contributed by atoms with Gasteiger partial charge in [0.05, 0.1) is 13.2 Å². The Morgan fingerprint density at radius 1 is 1.08 bits per heavy atom. The quantitative estimate of drug-likeness (QED) is 0.517. The van der Waals surface area contributed by atoms with Crippen LogP contribution in [0.1, 0.15) is 16.5 Å². The van der Waals surface area contributed by atoms with Crippen LogP contribution in [-0.2, 0) is 0 Å². The first-order chi connectivity index (χ1) is 12.6. The molecule has 1 unspecified atom stereocenters. The SMILES string of the molecule is COc1ccc(-c2cc3cc(F)c(F)cc3[nH]2)cc1C(N)c1cccs1. The minimum Gasteiger partial charge on any atom is -0.496 e. The summed E-state index contributed by atoms with van der Waals surface area (Å²) in [4.78, 5) is 4.16. The van der Waals surface area contributed by atoms with Gasteiger partial charge in [0.1, 0.15) is 5.75 Å². The molecule has 4 aromatic rings. The van der Waals surface area contributed by atoms with Gasteiger partial charge in [-0.3, -0.25) is 0 Å². The molecule has 132 valence electrons. The lowest BCUT2D eigenvalue weighted by molar-refractivity contribution is 0.408. The summed E-state index contributed by atoms with van der Waals surface area (Å²) in [7, 11) is 1.61. The van der Waals surface area contributed by atoms with Crippen molar-refractivity contribution in [3.05, 3.63) is 76.0 Å². The van der Waals surface area contributed by atoms with E-state index in [-0.39, 0.29) is 6.04 Å². The number of methoxy groups -OCH3 is 1. The molecule has 0 radical (unpaired) electrons. The van der Waals surface area contributed by atoms with E-state index in [0.717, 1.165) is 27.8 Å². The number of hydrogen-bond acceptors (Lipinski definition) is 3. The maximum absolute atomic E-state index is 13.5. The highest BCUT2D eigenvalue weighted by molar-refractivity contribution is 7.10. The Morgan fingerprint density at radius 3 is 2.62 bits per heavy atom. The first-order valence-electron chi connectivity index (χ1n) is 8.02. The summed E-state index contributed by atoms with van der Waals surface area (Å²) >= 11 is 1.58. The van der Waals surface area contributed by atoms with Gasteiger partial charge in [-0.1, -0.05) is 6.07 Å². The fraction of sp³-hybridized carbons (Fsp3) is 0.100. The molecule has 0 bridgehead atoms. The van der Waals surface area contributed by atoms with E-state index in [1.807, 2.05) is 35.7 Å². The van der Waals surface area contributed by atoms with Crippen LogP contribution in [0.2, 0.25) is 0 Å². The number of benzene rings is 2. The fourth-order valence-corrected chi connectivity index (χ4v) is 3.79. The minimum absolute atomic E-state index is 0.316.